The number of ether oxygens (including phenoxy) is 1. The number of morpholine rings is 1. The minimum atomic E-state index is -0.327. The van der Waals surface area contributed by atoms with E-state index in [9.17, 15) is 46.3 Å². The number of benzene rings is 4. The Balaban J connectivity index is 0.000000131. The van der Waals surface area contributed by atoms with Crippen LogP contribution in [0, 0.1) is 51.0 Å². The highest BCUT2D eigenvalue weighted by Crippen LogP contribution is 2.38. The van der Waals surface area contributed by atoms with Gasteiger partial charge in [0.05, 0.1) is 82.8 Å². The lowest BCUT2D eigenvalue weighted by Gasteiger charge is -2.26. The molecule has 19 rings (SSSR count). The van der Waals surface area contributed by atoms with Crippen LogP contribution in [0.15, 0.2) is 244 Å². The third-order valence-electron chi connectivity index (χ3n) is 23.9. The number of hydrogen-bond acceptors (Lipinski definition) is 17. The van der Waals surface area contributed by atoms with Crippen LogP contribution < -0.4 is 26.6 Å². The van der Waals surface area contributed by atoms with Gasteiger partial charge >= 0.3 is 0 Å². The largest absolute Gasteiger partial charge is 0.379 e. The smallest absolute Gasteiger partial charge is 0.287 e. The number of aryl methyl sites for hydroxylation is 4. The van der Waals surface area contributed by atoms with Crippen molar-refractivity contribution in [2.45, 2.75) is 73.1 Å². The SMILES string of the molecule is CC(=O)NCCNC(=O)c1ncc2cc(-c3cccnc3-c3ccc(F)c(C)c3)ccn12.Cc1cc(-c2ncccc2-c2ccc3cnc(C(=O)NCCCN4CCCC4)n3c2)ccc1F.Cc1cc(-c2ncccc2-c2ccn3c(C(=O)NCCCN4CCCC4=O)ncc3c2)ccc1F.Cc1cc(-c2ncccc2-c2ccn3c(C(=O)NCCN4CCOCC4)ncc3c2)ccc1F. The predicted molar refractivity (Wildman–Crippen MR) is 510 cm³/mol. The number of carbonyl (C=O) groups is 6. The fourth-order valence-corrected chi connectivity index (χ4v) is 16.8. The van der Waals surface area contributed by atoms with Gasteiger partial charge in [0.25, 0.3) is 23.6 Å². The van der Waals surface area contributed by atoms with Crippen LogP contribution in [-0.2, 0) is 14.3 Å². The van der Waals surface area contributed by atoms with Crippen molar-refractivity contribution < 1.29 is 51.1 Å². The number of halogens is 4. The van der Waals surface area contributed by atoms with E-state index in [0.29, 0.717) is 91.8 Å². The Labute approximate surface area is 777 Å². The summed E-state index contributed by atoms with van der Waals surface area (Å²) in [5.74, 6) is -0.622. The molecule has 27 nitrogen and oxygen atoms in total. The Kier molecular flexibility index (Phi) is 29.8. The molecule has 6 amide bonds. The summed E-state index contributed by atoms with van der Waals surface area (Å²) < 4.78 is 67.5. The molecule has 4 aromatic carbocycles. The normalized spacial score (nSPS) is 13.3. The van der Waals surface area contributed by atoms with E-state index in [2.05, 4.69) is 76.3 Å². The van der Waals surface area contributed by atoms with Crippen LogP contribution in [0.3, 0.4) is 0 Å². The molecule has 16 aromatic rings. The van der Waals surface area contributed by atoms with E-state index in [1.165, 1.54) is 44.0 Å². The van der Waals surface area contributed by atoms with E-state index in [4.69, 9.17) is 4.74 Å². The summed E-state index contributed by atoms with van der Waals surface area (Å²) in [5, 5.41) is 14.2. The molecule has 3 fully saturated rings. The third kappa shape index (κ3) is 22.4. The number of rotatable bonds is 26. The zero-order valence-electron chi connectivity index (χ0n) is 75.5. The zero-order chi connectivity index (χ0) is 94.0. The topological polar surface area (TPSA) is 302 Å². The first-order valence-electron chi connectivity index (χ1n) is 45.1. The third-order valence-corrected chi connectivity index (χ3v) is 23.9. The average Bonchev–Trinajstić information content (AvgIpc) is 1.71. The molecule has 15 heterocycles. The molecule has 0 bridgehead atoms. The summed E-state index contributed by atoms with van der Waals surface area (Å²) in [6.07, 6.45) is 26.7. The van der Waals surface area contributed by atoms with Gasteiger partial charge in [-0.25, -0.2) is 37.5 Å². The quantitative estimate of drug-likeness (QED) is 0.0248. The van der Waals surface area contributed by atoms with Gasteiger partial charge < -0.3 is 41.1 Å². The lowest BCUT2D eigenvalue weighted by Crippen LogP contribution is -2.41. The summed E-state index contributed by atoms with van der Waals surface area (Å²) in [7, 11) is 0. The second-order valence-electron chi connectivity index (χ2n) is 33.3. The fraction of sp³-hybridized carbons (Fsp3) is 0.250. The summed E-state index contributed by atoms with van der Waals surface area (Å²) in [4.78, 5) is 115. The Morgan fingerprint density at radius 1 is 0.348 bits per heavy atom. The maximum absolute atomic E-state index is 13.8. The Hall–Kier alpha value is -15.3. The fourth-order valence-electron chi connectivity index (χ4n) is 16.8. The Morgan fingerprint density at radius 3 is 1.10 bits per heavy atom. The van der Waals surface area contributed by atoms with E-state index in [-0.39, 0.29) is 64.5 Å². The molecule has 5 N–H and O–H groups in total. The minimum Gasteiger partial charge on any atom is -0.379 e. The second-order valence-corrected chi connectivity index (χ2v) is 33.3. The Bertz CT molecular complexity index is 7040. The van der Waals surface area contributed by atoms with E-state index in [1.54, 1.807) is 145 Å². The molecular formula is C104H102F4N20O7. The van der Waals surface area contributed by atoms with Crippen molar-refractivity contribution in [3.63, 3.8) is 0 Å². The number of nitrogens with one attached hydrogen (secondary N) is 5. The molecule has 3 saturated heterocycles. The average molecular weight is 1820 g/mol. The molecule has 0 radical (unpaired) electrons. The van der Waals surface area contributed by atoms with Crippen molar-refractivity contribution in [2.75, 3.05) is 98.3 Å². The number of likely N-dealkylation sites (tertiary alicyclic amines) is 2. The summed E-state index contributed by atoms with van der Waals surface area (Å²) in [6.45, 7) is 19.5. The van der Waals surface area contributed by atoms with Crippen LogP contribution in [0.4, 0.5) is 17.6 Å². The summed E-state index contributed by atoms with van der Waals surface area (Å²) >= 11 is 0. The van der Waals surface area contributed by atoms with Crippen LogP contribution >= 0.6 is 0 Å². The molecule has 0 aliphatic carbocycles. The van der Waals surface area contributed by atoms with Gasteiger partial charge in [-0.1, -0.05) is 30.3 Å². The standard InChI is InChI=1S/C27H26FN5O2.C27H28FN5O.C26H26FN5O2.C24H22FN5O2/c1-18-15-20(7-8-23(18)28)25-22(5-2-10-29-25)19-9-14-33-21(16-19)17-31-26(33)27(35)30-11-4-13-32-12-3-6-24(32)34;1-19-16-20(8-10-24(19)28)25-23(6-4-11-29-25)21-7-9-22-17-31-26(33(22)18-21)27(34)30-12-5-15-32-13-2-3-14-32;1-18-15-20(4-5-23(18)27)24-22(3-2-7-28-24)19-6-9-32-21(16-19)17-30-25(32)26(33)29-8-10-31-11-13-34-14-12-31;1-15-12-18(5-6-21(15)25)22-20(4-3-8-27-22)17-7-11-30-19(13-17)14-29-23(30)24(32)28-10-9-26-16(2)31/h2,5,7-10,14-17H,3-4,6,11-13H2,1H3,(H,30,35);4,6-11,16-18H,2-3,5,12-15H2,1H3,(H,30,34);2-7,9,15-17H,8,10-14H2,1H3,(H,29,33);3-8,11-14H,9-10H2,1-2H3,(H,26,31)(H,28,32). The summed E-state index contributed by atoms with van der Waals surface area (Å²) in [6, 6.07) is 50.9. The number of amides is 6. The number of nitrogens with zero attached hydrogens (tertiary/aromatic N) is 15. The van der Waals surface area contributed by atoms with Crippen LogP contribution in [0.25, 0.3) is 112 Å². The van der Waals surface area contributed by atoms with E-state index >= 15 is 0 Å². The maximum Gasteiger partial charge on any atom is 0.287 e. The highest BCUT2D eigenvalue weighted by Gasteiger charge is 2.25. The minimum absolute atomic E-state index is 0.149. The molecule has 135 heavy (non-hydrogen) atoms. The highest BCUT2D eigenvalue weighted by molar-refractivity contribution is 5.96. The molecule has 31 heteroatoms. The molecule has 688 valence electrons. The lowest BCUT2D eigenvalue weighted by atomic mass is 9.99. The van der Waals surface area contributed by atoms with Crippen LogP contribution in [0.2, 0.25) is 0 Å². The second kappa shape index (κ2) is 43.4. The monoisotopic (exact) mass is 1820 g/mol. The molecule has 0 spiro atoms. The molecule has 0 atom stereocenters. The van der Waals surface area contributed by atoms with E-state index in [1.807, 2.05) is 125 Å². The first-order valence-corrected chi connectivity index (χ1v) is 45.1. The van der Waals surface area contributed by atoms with Crippen LogP contribution in [0.1, 0.15) is 110 Å². The predicted octanol–water partition coefficient (Wildman–Crippen LogP) is 15.9. The van der Waals surface area contributed by atoms with Gasteiger partial charge in [0, 0.05) is 178 Å². The van der Waals surface area contributed by atoms with Gasteiger partial charge in [0.15, 0.2) is 0 Å². The van der Waals surface area contributed by atoms with Gasteiger partial charge in [0.2, 0.25) is 35.1 Å². The van der Waals surface area contributed by atoms with Gasteiger partial charge in [0.1, 0.15) is 23.3 Å². The zero-order valence-corrected chi connectivity index (χ0v) is 75.5. The molecular weight excluding hydrogens is 1720 g/mol. The van der Waals surface area contributed by atoms with Gasteiger partial charge in [-0.15, -0.1) is 0 Å². The lowest BCUT2D eigenvalue weighted by molar-refractivity contribution is -0.127. The molecule has 0 unspecified atom stereocenters. The number of pyridine rings is 8. The molecule has 3 aliphatic rings. The maximum atomic E-state index is 13.8. The summed E-state index contributed by atoms with van der Waals surface area (Å²) in [5.41, 5.74) is 19.1. The first-order chi connectivity index (χ1) is 65.6. The van der Waals surface area contributed by atoms with Gasteiger partial charge in [-0.2, -0.15) is 0 Å². The van der Waals surface area contributed by atoms with Crippen molar-refractivity contribution in [1.82, 2.24) is 98.8 Å². The van der Waals surface area contributed by atoms with Gasteiger partial charge in [-0.05, 0) is 258 Å². The van der Waals surface area contributed by atoms with Crippen molar-refractivity contribution in [1.29, 1.82) is 0 Å². The molecule has 3 aliphatic heterocycles. The Morgan fingerprint density at radius 2 is 0.704 bits per heavy atom. The number of hydrogen-bond donors (Lipinski definition) is 5. The number of aromatic nitrogens is 12. The number of carbonyl (C=O) groups excluding carboxylic acids is 6. The van der Waals surface area contributed by atoms with Crippen molar-refractivity contribution in [3.05, 3.63) is 313 Å². The highest BCUT2D eigenvalue weighted by atomic mass is 19.1. The van der Waals surface area contributed by atoms with Crippen molar-refractivity contribution in [2.24, 2.45) is 0 Å². The molecule has 0 saturated carbocycles. The van der Waals surface area contributed by atoms with E-state index < -0.39 is 0 Å². The first kappa shape index (κ1) is 92.9. The van der Waals surface area contributed by atoms with Crippen molar-refractivity contribution in [3.8, 4) is 89.5 Å². The molecule has 12 aromatic heterocycles. The van der Waals surface area contributed by atoms with E-state index in [0.717, 1.165) is 183 Å². The van der Waals surface area contributed by atoms with Crippen LogP contribution in [0.5, 0.6) is 0 Å². The number of imidazole rings is 4. The number of fused-ring (bicyclic) bond motifs is 4. The van der Waals surface area contributed by atoms with Crippen LogP contribution in [-0.4, -0.2) is 206 Å². The van der Waals surface area contributed by atoms with Gasteiger partial charge in [-0.3, -0.25) is 71.2 Å². The van der Waals surface area contributed by atoms with Crippen molar-refractivity contribution >= 4 is 57.5 Å².